The fourth-order valence-corrected chi connectivity index (χ4v) is 7.41. The van der Waals surface area contributed by atoms with Gasteiger partial charge in [-0.3, -0.25) is 4.79 Å². The summed E-state index contributed by atoms with van der Waals surface area (Å²) in [4.78, 5) is 37.5. The molecule has 0 amide bonds. The van der Waals surface area contributed by atoms with Crippen molar-refractivity contribution in [2.45, 2.75) is 64.6 Å². The van der Waals surface area contributed by atoms with Crippen LogP contribution in [0.1, 0.15) is 52.9 Å². The Hall–Kier alpha value is -1.90. The molecular formula is C24H33ClO8. The molecule has 0 aromatic carbocycles. The van der Waals surface area contributed by atoms with E-state index in [1.165, 1.54) is 0 Å². The number of esters is 1. The third-order valence-corrected chi connectivity index (χ3v) is 8.76. The average molecular weight is 485 g/mol. The molecule has 8 nitrogen and oxygen atoms in total. The number of ketones is 1. The monoisotopic (exact) mass is 484 g/mol. The van der Waals surface area contributed by atoms with E-state index in [9.17, 15) is 19.5 Å². The van der Waals surface area contributed by atoms with Gasteiger partial charge in [-0.05, 0) is 63.0 Å². The van der Waals surface area contributed by atoms with Crippen LogP contribution in [0, 0.1) is 28.6 Å². The van der Waals surface area contributed by atoms with Gasteiger partial charge in [0.05, 0.1) is 12.7 Å². The van der Waals surface area contributed by atoms with Gasteiger partial charge >= 0.3 is 12.1 Å². The summed E-state index contributed by atoms with van der Waals surface area (Å²) in [6.07, 6.45) is 6.31. The average Bonchev–Trinajstić information content (AvgIpc) is 3.01. The van der Waals surface area contributed by atoms with E-state index >= 15 is 0 Å². The summed E-state index contributed by atoms with van der Waals surface area (Å²) in [5, 5.41) is 11.5. The molecule has 0 aromatic heterocycles. The van der Waals surface area contributed by atoms with Crippen LogP contribution in [0.25, 0.3) is 0 Å². The number of ether oxygens (including phenoxy) is 3. The number of fused-ring (bicyclic) bond motifs is 5. The molecule has 4 aliphatic carbocycles. The largest absolute Gasteiger partial charge is 0.509 e. The van der Waals surface area contributed by atoms with Crippen LogP contribution < -0.4 is 0 Å². The second-order valence-electron chi connectivity index (χ2n) is 9.90. The molecule has 0 bridgehead atoms. The lowest BCUT2D eigenvalue weighted by atomic mass is 9.46. The number of carbonyl (C=O) groups is 3. The fourth-order valence-electron chi connectivity index (χ4n) is 7.31. The van der Waals surface area contributed by atoms with Crippen LogP contribution in [0.15, 0.2) is 23.8 Å². The van der Waals surface area contributed by atoms with Gasteiger partial charge in [-0.15, -0.1) is 0 Å². The van der Waals surface area contributed by atoms with Gasteiger partial charge in [0.25, 0.3) is 0 Å². The third kappa shape index (κ3) is 3.70. The van der Waals surface area contributed by atoms with Gasteiger partial charge in [0.2, 0.25) is 5.60 Å². The predicted octanol–water partition coefficient (Wildman–Crippen LogP) is 3.09. The van der Waals surface area contributed by atoms with Crippen LogP contribution in [0.2, 0.25) is 0 Å². The molecule has 0 spiro atoms. The van der Waals surface area contributed by atoms with Crippen molar-refractivity contribution in [1.29, 1.82) is 0 Å². The van der Waals surface area contributed by atoms with E-state index in [0.717, 1.165) is 18.4 Å². The highest BCUT2D eigenvalue weighted by molar-refractivity contribution is 6.17. The number of aliphatic hydroxyl groups excluding tert-OH is 1. The summed E-state index contributed by atoms with van der Waals surface area (Å²) >= 11 is 5.70. The Bertz CT molecular complexity index is 884. The second-order valence-corrected chi connectivity index (χ2v) is 10.1. The minimum Gasteiger partial charge on any atom is -0.446 e. The molecule has 4 rings (SSSR count). The maximum absolute atomic E-state index is 13.2. The normalized spacial score (nSPS) is 41.0. The molecule has 33 heavy (non-hydrogen) atoms. The highest BCUT2D eigenvalue weighted by atomic mass is 35.5. The second kappa shape index (κ2) is 9.04. The highest BCUT2D eigenvalue weighted by Gasteiger charge is 2.71. The molecule has 0 aromatic rings. The topological polar surface area (TPSA) is 131 Å². The van der Waals surface area contributed by atoms with Crippen molar-refractivity contribution in [2.24, 2.45) is 28.6 Å². The lowest BCUT2D eigenvalue weighted by molar-refractivity contribution is -0.199. The minimum atomic E-state index is -1.57. The first kappa shape index (κ1) is 25.7. The maximum atomic E-state index is 13.2. The van der Waals surface area contributed by atoms with Gasteiger partial charge in [-0.25, -0.2) is 9.59 Å². The Labute approximate surface area is 198 Å². The van der Waals surface area contributed by atoms with Gasteiger partial charge < -0.3 is 24.8 Å². The minimum absolute atomic E-state index is 0. The van der Waals surface area contributed by atoms with Crippen molar-refractivity contribution in [1.82, 2.24) is 0 Å². The summed E-state index contributed by atoms with van der Waals surface area (Å²) in [6.45, 7) is 5.77. The quantitative estimate of drug-likeness (QED) is 0.479. The molecule has 9 heteroatoms. The number of rotatable bonds is 4. The van der Waals surface area contributed by atoms with E-state index in [-0.39, 0.29) is 54.5 Å². The van der Waals surface area contributed by atoms with Crippen LogP contribution in [0.3, 0.4) is 0 Å². The summed E-state index contributed by atoms with van der Waals surface area (Å²) in [7, 11) is 0. The van der Waals surface area contributed by atoms with Crippen molar-refractivity contribution in [3.05, 3.63) is 23.8 Å². The zero-order valence-corrected chi connectivity index (χ0v) is 20.0. The van der Waals surface area contributed by atoms with Crippen molar-refractivity contribution in [2.75, 3.05) is 12.7 Å². The number of allylic oxidation sites excluding steroid dienone is 4. The van der Waals surface area contributed by atoms with Crippen molar-refractivity contribution >= 4 is 29.5 Å². The van der Waals surface area contributed by atoms with Crippen molar-refractivity contribution in [3.8, 4) is 0 Å². The standard InChI is InChI=1S/C24H31ClO7.H2O/c1-4-30-21(29)32-24(20(28)31-13-25)10-8-17-16-6-5-14-11-15(26)7-9-22(14,2)19(16)18(27)12-23(17,24)3;/h7,9,11,16-19,27H,4-6,8,10,12-13H2,1-3H3;1H2/t16-,17-,18-,19+,22-,23-,24-;/m0./s1. The molecule has 3 fully saturated rings. The number of aliphatic hydroxyl groups is 1. The summed E-state index contributed by atoms with van der Waals surface area (Å²) in [5.74, 6) is -0.676. The van der Waals surface area contributed by atoms with E-state index in [1.807, 2.05) is 13.0 Å². The van der Waals surface area contributed by atoms with Gasteiger partial charge in [-0.1, -0.05) is 37.1 Å². The van der Waals surface area contributed by atoms with Crippen LogP contribution in [0.4, 0.5) is 4.79 Å². The van der Waals surface area contributed by atoms with Gasteiger partial charge in [0, 0.05) is 16.7 Å². The van der Waals surface area contributed by atoms with Crippen molar-refractivity contribution < 1.29 is 39.2 Å². The molecular weight excluding hydrogens is 452 g/mol. The van der Waals surface area contributed by atoms with E-state index < -0.39 is 34.7 Å². The zero-order chi connectivity index (χ0) is 23.3. The number of halogens is 1. The molecule has 0 saturated heterocycles. The molecule has 0 radical (unpaired) electrons. The Morgan fingerprint density at radius 2 is 1.97 bits per heavy atom. The van der Waals surface area contributed by atoms with Crippen molar-refractivity contribution in [3.63, 3.8) is 0 Å². The van der Waals surface area contributed by atoms with E-state index in [2.05, 4.69) is 6.92 Å². The third-order valence-electron chi connectivity index (χ3n) is 8.65. The smallest absolute Gasteiger partial charge is 0.446 e. The Kier molecular flexibility index (Phi) is 7.05. The molecule has 0 aliphatic heterocycles. The van der Waals surface area contributed by atoms with Gasteiger partial charge in [0.15, 0.2) is 11.8 Å². The van der Waals surface area contributed by atoms with E-state index in [0.29, 0.717) is 6.42 Å². The molecule has 0 heterocycles. The molecule has 0 unspecified atom stereocenters. The Balaban J connectivity index is 0.00000306. The number of hydrogen-bond donors (Lipinski definition) is 1. The lowest BCUT2D eigenvalue weighted by Gasteiger charge is -2.59. The molecule has 4 aliphatic rings. The van der Waals surface area contributed by atoms with Gasteiger partial charge in [-0.2, -0.15) is 0 Å². The number of carbonyl (C=O) groups excluding carboxylic acids is 3. The SMILES string of the molecule is CCOC(=O)O[C@]1(C(=O)OCCl)CC[C@H]2[C@@H]3CCC4=CC(=O)C=C[C@]4(C)[C@H]3[C@@H](O)C[C@@]21C.O. The van der Waals surface area contributed by atoms with Crippen LogP contribution in [0.5, 0.6) is 0 Å². The fraction of sp³-hybridized carbons (Fsp3) is 0.708. The van der Waals surface area contributed by atoms with Crippen LogP contribution >= 0.6 is 11.6 Å². The van der Waals surface area contributed by atoms with E-state index in [4.69, 9.17) is 25.8 Å². The van der Waals surface area contributed by atoms with E-state index in [1.54, 1.807) is 19.1 Å². The zero-order valence-electron chi connectivity index (χ0n) is 19.3. The summed E-state index contributed by atoms with van der Waals surface area (Å²) in [5.41, 5.74) is -1.76. The first-order chi connectivity index (χ1) is 15.1. The lowest BCUT2D eigenvalue weighted by Crippen LogP contribution is -2.62. The predicted molar refractivity (Wildman–Crippen MR) is 119 cm³/mol. The number of hydrogen-bond acceptors (Lipinski definition) is 7. The Morgan fingerprint density at radius 1 is 1.24 bits per heavy atom. The van der Waals surface area contributed by atoms with Gasteiger partial charge in [0.1, 0.15) is 0 Å². The first-order valence-corrected chi connectivity index (χ1v) is 11.9. The summed E-state index contributed by atoms with van der Waals surface area (Å²) < 4.78 is 15.9. The van der Waals surface area contributed by atoms with Crippen LogP contribution in [-0.4, -0.2) is 52.9 Å². The first-order valence-electron chi connectivity index (χ1n) is 11.3. The van der Waals surface area contributed by atoms with Crippen LogP contribution in [-0.2, 0) is 23.8 Å². The summed E-state index contributed by atoms with van der Waals surface area (Å²) in [6, 6.07) is -0.354. The molecule has 184 valence electrons. The highest BCUT2D eigenvalue weighted by Crippen LogP contribution is 2.68. The molecule has 7 atom stereocenters. The molecule has 3 saturated carbocycles. The maximum Gasteiger partial charge on any atom is 0.509 e. The molecule has 3 N–H and O–H groups in total. The Morgan fingerprint density at radius 3 is 2.64 bits per heavy atom. The number of alkyl halides is 1.